The fourth-order valence-corrected chi connectivity index (χ4v) is 0.726. The van der Waals surface area contributed by atoms with Gasteiger partial charge in [0.2, 0.25) is 0 Å². The zero-order valence-corrected chi connectivity index (χ0v) is 5.61. The monoisotopic (exact) mass is 147 g/mol. The molecule has 0 atom stereocenters. The van der Waals surface area contributed by atoms with E-state index in [4.69, 9.17) is 10.4 Å². The number of hydrogen-bond acceptors (Lipinski definition) is 3. The molecule has 0 bridgehead atoms. The molecule has 0 fully saturated rings. The van der Waals surface area contributed by atoms with E-state index in [1.165, 1.54) is 18.2 Å². The SMILES string of the molecule is N#CC(=O)c1ccccc1O. The van der Waals surface area contributed by atoms with Crippen molar-refractivity contribution in [1.29, 1.82) is 5.26 Å². The lowest BCUT2D eigenvalue weighted by Gasteiger charge is -1.94. The third-order valence-electron chi connectivity index (χ3n) is 1.25. The molecule has 54 valence electrons. The van der Waals surface area contributed by atoms with Crippen LogP contribution in [0.3, 0.4) is 0 Å². The van der Waals surface area contributed by atoms with Crippen LogP contribution in [-0.2, 0) is 0 Å². The summed E-state index contributed by atoms with van der Waals surface area (Å²) in [5.41, 5.74) is 0.0509. The van der Waals surface area contributed by atoms with Gasteiger partial charge in [-0.3, -0.25) is 4.79 Å². The lowest BCUT2D eigenvalue weighted by Crippen LogP contribution is -1.93. The number of phenolic OH excluding ortho intramolecular Hbond substituents is 1. The molecule has 1 aromatic carbocycles. The van der Waals surface area contributed by atoms with Crippen molar-refractivity contribution < 1.29 is 9.90 Å². The molecule has 3 nitrogen and oxygen atoms in total. The van der Waals surface area contributed by atoms with Crippen LogP contribution in [-0.4, -0.2) is 10.9 Å². The van der Waals surface area contributed by atoms with Gasteiger partial charge in [0.1, 0.15) is 11.8 Å². The zero-order chi connectivity index (χ0) is 8.27. The summed E-state index contributed by atoms with van der Waals surface area (Å²) in [7, 11) is 0. The molecule has 0 aliphatic heterocycles. The number of rotatable bonds is 1. The van der Waals surface area contributed by atoms with Gasteiger partial charge in [-0.15, -0.1) is 0 Å². The standard InChI is InChI=1S/C8H5NO2/c9-5-8(11)6-3-1-2-4-7(6)10/h1-4,10H. The number of hydrogen-bond donors (Lipinski definition) is 1. The minimum absolute atomic E-state index is 0.0509. The molecule has 1 N–H and O–H groups in total. The van der Waals surface area contributed by atoms with Crippen molar-refractivity contribution in [2.45, 2.75) is 0 Å². The first-order valence-electron chi connectivity index (χ1n) is 2.98. The van der Waals surface area contributed by atoms with Crippen LogP contribution in [0.25, 0.3) is 0 Å². The average Bonchev–Trinajstić information content (AvgIpc) is 2.04. The molecule has 1 aromatic rings. The maximum absolute atomic E-state index is 10.7. The number of ketones is 1. The summed E-state index contributed by atoms with van der Waals surface area (Å²) in [5, 5.41) is 17.2. The molecule has 0 saturated heterocycles. The van der Waals surface area contributed by atoms with Crippen LogP contribution < -0.4 is 0 Å². The number of Topliss-reactive ketones (excluding diaryl/α,β-unsaturated/α-hetero) is 1. The molecule has 0 aliphatic rings. The van der Waals surface area contributed by atoms with Crippen LogP contribution in [0.2, 0.25) is 0 Å². The van der Waals surface area contributed by atoms with Gasteiger partial charge in [0.25, 0.3) is 5.78 Å². The maximum Gasteiger partial charge on any atom is 0.265 e. The van der Waals surface area contributed by atoms with Gasteiger partial charge in [-0.2, -0.15) is 5.26 Å². The first kappa shape index (κ1) is 7.29. The van der Waals surface area contributed by atoms with Crippen molar-refractivity contribution in [3.63, 3.8) is 0 Å². The van der Waals surface area contributed by atoms with Crippen LogP contribution in [0.1, 0.15) is 10.4 Å². The second-order valence-corrected chi connectivity index (χ2v) is 1.96. The Labute approximate surface area is 63.5 Å². The quantitative estimate of drug-likeness (QED) is 0.478. The van der Waals surface area contributed by atoms with Crippen molar-refractivity contribution in [3.05, 3.63) is 29.8 Å². The van der Waals surface area contributed by atoms with Gasteiger partial charge in [-0.25, -0.2) is 0 Å². The minimum atomic E-state index is -0.719. The number of carbonyl (C=O) groups excluding carboxylic acids is 1. The average molecular weight is 147 g/mol. The van der Waals surface area contributed by atoms with E-state index in [0.717, 1.165) is 0 Å². The molecule has 0 amide bonds. The van der Waals surface area contributed by atoms with Gasteiger partial charge in [-0.05, 0) is 12.1 Å². The molecule has 3 heteroatoms. The fourth-order valence-electron chi connectivity index (χ4n) is 0.726. The molecule has 0 unspecified atom stereocenters. The Morgan fingerprint density at radius 2 is 2.09 bits per heavy atom. The fraction of sp³-hybridized carbons (Fsp3) is 0. The first-order valence-corrected chi connectivity index (χ1v) is 2.98. The second kappa shape index (κ2) is 2.84. The van der Waals surface area contributed by atoms with E-state index in [1.807, 2.05) is 0 Å². The Balaban J connectivity index is 3.16. The smallest absolute Gasteiger partial charge is 0.265 e. The molecule has 0 aliphatic carbocycles. The molecule has 11 heavy (non-hydrogen) atoms. The van der Waals surface area contributed by atoms with Crippen molar-refractivity contribution in [2.24, 2.45) is 0 Å². The highest BCUT2D eigenvalue weighted by Crippen LogP contribution is 2.15. The van der Waals surface area contributed by atoms with E-state index >= 15 is 0 Å². The summed E-state index contributed by atoms with van der Waals surface area (Å²) in [5.74, 6) is -0.873. The minimum Gasteiger partial charge on any atom is -0.507 e. The summed E-state index contributed by atoms with van der Waals surface area (Å²) in [6.07, 6.45) is 0. The first-order chi connectivity index (χ1) is 5.25. The van der Waals surface area contributed by atoms with E-state index in [9.17, 15) is 4.79 Å². The Kier molecular flexibility index (Phi) is 1.88. The third kappa shape index (κ3) is 1.36. The molecule has 0 aromatic heterocycles. The number of carbonyl (C=O) groups is 1. The Bertz CT molecular complexity index is 325. The number of nitriles is 1. The molecule has 0 saturated carbocycles. The number of aromatic hydroxyl groups is 1. The summed E-state index contributed by atoms with van der Waals surface area (Å²) in [6.45, 7) is 0. The van der Waals surface area contributed by atoms with E-state index in [-0.39, 0.29) is 11.3 Å². The summed E-state index contributed by atoms with van der Waals surface area (Å²) < 4.78 is 0. The van der Waals surface area contributed by atoms with Crippen molar-refractivity contribution >= 4 is 5.78 Å². The Morgan fingerprint density at radius 3 is 2.64 bits per heavy atom. The lowest BCUT2D eigenvalue weighted by molar-refractivity contribution is 0.105. The van der Waals surface area contributed by atoms with E-state index in [0.29, 0.717) is 0 Å². The predicted molar refractivity (Wildman–Crippen MR) is 38.1 cm³/mol. The van der Waals surface area contributed by atoms with Gasteiger partial charge in [-0.1, -0.05) is 12.1 Å². The highest BCUT2D eigenvalue weighted by Gasteiger charge is 2.07. The third-order valence-corrected chi connectivity index (χ3v) is 1.25. The van der Waals surface area contributed by atoms with Crippen LogP contribution in [0.15, 0.2) is 24.3 Å². The number of para-hydroxylation sites is 1. The number of benzene rings is 1. The highest BCUT2D eigenvalue weighted by atomic mass is 16.3. The molecular weight excluding hydrogens is 142 g/mol. The number of nitrogens with zero attached hydrogens (tertiary/aromatic N) is 1. The van der Waals surface area contributed by atoms with E-state index < -0.39 is 5.78 Å². The lowest BCUT2D eigenvalue weighted by atomic mass is 10.1. The predicted octanol–water partition coefficient (Wildman–Crippen LogP) is 1.10. The topological polar surface area (TPSA) is 61.1 Å². The molecule has 0 heterocycles. The maximum atomic E-state index is 10.7. The van der Waals surface area contributed by atoms with E-state index in [1.54, 1.807) is 12.1 Å². The summed E-state index contributed by atoms with van der Waals surface area (Å²) >= 11 is 0. The Hall–Kier alpha value is -1.82. The molecule has 0 radical (unpaired) electrons. The van der Waals surface area contributed by atoms with Crippen LogP contribution in [0.5, 0.6) is 5.75 Å². The van der Waals surface area contributed by atoms with Gasteiger partial charge >= 0.3 is 0 Å². The van der Waals surface area contributed by atoms with Gasteiger partial charge < -0.3 is 5.11 Å². The second-order valence-electron chi connectivity index (χ2n) is 1.96. The van der Waals surface area contributed by atoms with Crippen LogP contribution in [0.4, 0.5) is 0 Å². The molecule has 1 rings (SSSR count). The number of phenols is 1. The van der Waals surface area contributed by atoms with Crippen LogP contribution in [0, 0.1) is 11.3 Å². The summed E-state index contributed by atoms with van der Waals surface area (Å²) in [6, 6.07) is 7.37. The van der Waals surface area contributed by atoms with Crippen LogP contribution >= 0.6 is 0 Å². The van der Waals surface area contributed by atoms with Gasteiger partial charge in [0, 0.05) is 0 Å². The molecular formula is C8H5NO2. The normalized spacial score (nSPS) is 8.64. The highest BCUT2D eigenvalue weighted by molar-refractivity contribution is 6.09. The zero-order valence-electron chi connectivity index (χ0n) is 5.61. The van der Waals surface area contributed by atoms with Crippen molar-refractivity contribution in [1.82, 2.24) is 0 Å². The van der Waals surface area contributed by atoms with E-state index in [2.05, 4.69) is 0 Å². The largest absolute Gasteiger partial charge is 0.507 e. The van der Waals surface area contributed by atoms with Gasteiger partial charge in [0.05, 0.1) is 5.56 Å². The summed E-state index contributed by atoms with van der Waals surface area (Å²) in [4.78, 5) is 10.7. The van der Waals surface area contributed by atoms with Gasteiger partial charge in [0.15, 0.2) is 0 Å². The molecule has 0 spiro atoms. The van der Waals surface area contributed by atoms with Crippen molar-refractivity contribution in [2.75, 3.05) is 0 Å². The Morgan fingerprint density at radius 1 is 1.45 bits per heavy atom. The van der Waals surface area contributed by atoms with Crippen molar-refractivity contribution in [3.8, 4) is 11.8 Å².